The molecule has 0 aromatic heterocycles. The van der Waals surface area contributed by atoms with E-state index in [-0.39, 0.29) is 53.3 Å². The Bertz CT molecular complexity index is 2270. The fourth-order valence-corrected chi connectivity index (χ4v) is 16.6. The number of allylic oxidation sites excluding steroid dienone is 3. The van der Waals surface area contributed by atoms with Crippen molar-refractivity contribution in [3.63, 3.8) is 0 Å². The maximum absolute atomic E-state index is 15.0. The second kappa shape index (κ2) is 22.4. The van der Waals surface area contributed by atoms with Gasteiger partial charge in [-0.15, -0.1) is 0 Å². The van der Waals surface area contributed by atoms with Gasteiger partial charge in [-0.05, 0) is 105 Å². The molecule has 80 heavy (non-hydrogen) atoms. The van der Waals surface area contributed by atoms with E-state index in [0.717, 1.165) is 31.3 Å². The lowest BCUT2D eigenvalue weighted by atomic mass is 9.34. The van der Waals surface area contributed by atoms with E-state index in [1.807, 2.05) is 0 Å². The van der Waals surface area contributed by atoms with Crippen LogP contribution in [0.2, 0.25) is 0 Å². The number of hydrogen-bond acceptors (Lipinski definition) is 24. The van der Waals surface area contributed by atoms with Gasteiger partial charge in [0.15, 0.2) is 25.2 Å². The summed E-state index contributed by atoms with van der Waals surface area (Å²) >= 11 is 0. The van der Waals surface area contributed by atoms with Crippen LogP contribution in [0.25, 0.3) is 0 Å². The van der Waals surface area contributed by atoms with Crippen molar-refractivity contribution in [3.05, 3.63) is 23.8 Å². The van der Waals surface area contributed by atoms with Gasteiger partial charge in [0.05, 0.1) is 50.7 Å². The lowest BCUT2D eigenvalue weighted by Gasteiger charge is -2.71. The minimum absolute atomic E-state index is 0.166. The highest BCUT2D eigenvalue weighted by molar-refractivity contribution is 5.79. The fourth-order valence-electron chi connectivity index (χ4n) is 16.6. The van der Waals surface area contributed by atoms with E-state index in [1.165, 1.54) is 12.5 Å². The number of esters is 1. The Hall–Kier alpha value is -1.93. The Labute approximate surface area is 465 Å². The summed E-state index contributed by atoms with van der Waals surface area (Å²) in [5.74, 6) is -0.494. The lowest BCUT2D eigenvalue weighted by Crippen LogP contribution is -2.66. The van der Waals surface area contributed by atoms with Gasteiger partial charge in [-0.2, -0.15) is 0 Å². The van der Waals surface area contributed by atoms with Crippen LogP contribution in [0.1, 0.15) is 106 Å². The molecule has 13 N–H and O–H groups in total. The SMILES string of the molecule is C=C1CC[C@]2(C(=O)O[C@@H]3O[C@H](CO[C@@H]4OC[C@H](O[C@@H]5OC[C@](O)(CO)[C@H]5O)[C@H](O)[C@H]4O)[C@@H](O)[C@H](O)[C@H]3O)CC[C@]3(C)C(=CC[C@@H]4[C@@]5(C)CC[C@H](O[C@@H]6OC[C@H](O)[C@H](O)[C@H]6O[C@@H]6O[C@@H](C)[C@H](O)[C@@H](O)[C@H]6O)C(C)(C)[C@@H]5CC[C@]43C)[C@@H]2C1. The predicted octanol–water partition coefficient (Wildman–Crippen LogP) is -1.73. The van der Waals surface area contributed by atoms with Crippen molar-refractivity contribution in [2.45, 2.75) is 240 Å². The first-order valence-corrected chi connectivity index (χ1v) is 28.7. The van der Waals surface area contributed by atoms with E-state index in [9.17, 15) is 66.4 Å². The van der Waals surface area contributed by atoms with Crippen LogP contribution in [-0.2, 0) is 52.2 Å². The largest absolute Gasteiger partial charge is 0.432 e. The molecule has 4 saturated carbocycles. The zero-order valence-corrected chi connectivity index (χ0v) is 46.6. The Morgan fingerprint density at radius 1 is 0.688 bits per heavy atom. The first-order valence-electron chi connectivity index (χ1n) is 28.7. The van der Waals surface area contributed by atoms with Gasteiger partial charge in [-0.3, -0.25) is 4.79 Å². The van der Waals surface area contributed by atoms with Crippen LogP contribution in [0.15, 0.2) is 23.8 Å². The quantitative estimate of drug-likeness (QED) is 0.0586. The van der Waals surface area contributed by atoms with Crippen LogP contribution in [0.5, 0.6) is 0 Å². The zero-order valence-electron chi connectivity index (χ0n) is 46.6. The van der Waals surface area contributed by atoms with Gasteiger partial charge in [0.25, 0.3) is 0 Å². The Morgan fingerprint density at radius 3 is 2.09 bits per heavy atom. The summed E-state index contributed by atoms with van der Waals surface area (Å²) in [4.78, 5) is 15.0. The molecule has 0 unspecified atom stereocenters. The maximum Gasteiger partial charge on any atom is 0.315 e. The number of carbonyl (C=O) groups is 1. The molecule has 24 heteroatoms. The summed E-state index contributed by atoms with van der Waals surface area (Å²) in [6, 6.07) is 0. The van der Waals surface area contributed by atoms with E-state index in [0.29, 0.717) is 38.5 Å². The van der Waals surface area contributed by atoms with Crippen molar-refractivity contribution in [3.8, 4) is 0 Å². The molecule has 24 nitrogen and oxygen atoms in total. The molecule has 0 bridgehead atoms. The van der Waals surface area contributed by atoms with Crippen LogP contribution in [-0.4, -0.2) is 240 Å². The van der Waals surface area contributed by atoms with E-state index in [1.54, 1.807) is 0 Å². The first kappa shape index (κ1) is 61.2. The van der Waals surface area contributed by atoms with E-state index in [4.69, 9.17) is 47.4 Å². The van der Waals surface area contributed by atoms with Crippen molar-refractivity contribution in [1.82, 2.24) is 0 Å². The average molecular weight is 1150 g/mol. The summed E-state index contributed by atoms with van der Waals surface area (Å²) in [6.45, 7) is 15.1. The van der Waals surface area contributed by atoms with Crippen LogP contribution in [0, 0.1) is 44.8 Å². The topological polar surface area (TPSA) is 372 Å². The molecule has 10 rings (SSSR count). The van der Waals surface area contributed by atoms with Gasteiger partial charge in [0.1, 0.15) is 91.1 Å². The van der Waals surface area contributed by atoms with Crippen LogP contribution < -0.4 is 0 Å². The molecule has 5 aliphatic heterocycles. The molecule has 0 aromatic rings. The third kappa shape index (κ3) is 10.00. The molecule has 0 radical (unpaired) electrons. The molecule has 29 atom stereocenters. The number of fused-ring (bicyclic) bond motifs is 7. The number of ether oxygens (including phenoxy) is 10. The number of rotatable bonds is 12. The third-order valence-corrected chi connectivity index (χ3v) is 21.9. The van der Waals surface area contributed by atoms with Crippen molar-refractivity contribution >= 4 is 5.97 Å². The molecule has 5 aliphatic carbocycles. The number of aliphatic hydroxyl groups is 13. The zero-order chi connectivity index (χ0) is 58.0. The molecule has 9 fully saturated rings. The fraction of sp³-hybridized carbons (Fsp3) is 0.911. The minimum atomic E-state index is -1.99. The summed E-state index contributed by atoms with van der Waals surface area (Å²) in [6.07, 6.45) is -21.5. The second-order valence-electron chi connectivity index (χ2n) is 26.5. The molecule has 5 saturated heterocycles. The van der Waals surface area contributed by atoms with Crippen molar-refractivity contribution in [2.75, 3.05) is 33.0 Å². The van der Waals surface area contributed by atoms with E-state index >= 15 is 4.79 Å². The minimum Gasteiger partial charge on any atom is -0.432 e. The number of aliphatic hydroxyl groups excluding tert-OH is 12. The van der Waals surface area contributed by atoms with Gasteiger partial charge in [0, 0.05) is 5.92 Å². The maximum atomic E-state index is 15.0. The predicted molar refractivity (Wildman–Crippen MR) is 271 cm³/mol. The van der Waals surface area contributed by atoms with Gasteiger partial charge in [0.2, 0.25) is 6.29 Å². The molecule has 0 aromatic carbocycles. The number of hydrogen-bond donors (Lipinski definition) is 13. The summed E-state index contributed by atoms with van der Waals surface area (Å²) < 4.78 is 58.9. The molecule has 10 aliphatic rings. The van der Waals surface area contributed by atoms with Gasteiger partial charge in [-0.25, -0.2) is 0 Å². The summed E-state index contributed by atoms with van der Waals surface area (Å²) in [5, 5.41) is 139. The molecule has 5 heterocycles. The summed E-state index contributed by atoms with van der Waals surface area (Å²) in [7, 11) is 0. The lowest BCUT2D eigenvalue weighted by molar-refractivity contribution is -0.364. The highest BCUT2D eigenvalue weighted by Crippen LogP contribution is 2.75. The van der Waals surface area contributed by atoms with Gasteiger partial charge in [-0.1, -0.05) is 58.4 Å². The van der Waals surface area contributed by atoms with Gasteiger partial charge < -0.3 is 114 Å². The van der Waals surface area contributed by atoms with Crippen molar-refractivity contribution in [2.24, 2.45) is 44.8 Å². The molecule has 456 valence electrons. The van der Waals surface area contributed by atoms with E-state index in [2.05, 4.69) is 47.3 Å². The Balaban J connectivity index is 0.810. The van der Waals surface area contributed by atoms with Crippen LogP contribution in [0.3, 0.4) is 0 Å². The average Bonchev–Trinajstić information content (AvgIpc) is 2.97. The molecule has 0 spiro atoms. The monoisotopic (exact) mass is 1140 g/mol. The Morgan fingerprint density at radius 2 is 1.38 bits per heavy atom. The molecular weight excluding hydrogens is 1060 g/mol. The van der Waals surface area contributed by atoms with E-state index < -0.39 is 165 Å². The van der Waals surface area contributed by atoms with Crippen LogP contribution in [0.4, 0.5) is 0 Å². The standard InChI is InChI=1S/C56H88O24/c1-24-10-15-55(50(69)80-47-42(67)39(64)36(61)29(76-47)20-72-45-40(65)37(62)30(21-73-45)77-49-44(68)56(70,22-57)23-74-49)17-16-53(6)26(27(55)18-24)8-9-32-52(5)13-12-33(51(3,4)31(52)11-14-54(32,53)7)78-48-43(35(60)28(58)19-71-48)79-46-41(66)38(63)34(59)25(2)75-46/h8,25,27-49,57-68,70H,1,9-23H2,2-7H3/t25-,27-,28-,29+,30-,31-,32+,33-,34-,35-,36+,37-,38+,39-,40+,41+,42+,43+,44-,45+,46-,47-,48-,49-,52-,53+,54+,55-,56+/m0/s1. The van der Waals surface area contributed by atoms with Crippen LogP contribution >= 0.6 is 0 Å². The number of carbonyl (C=O) groups excluding carboxylic acids is 1. The second-order valence-corrected chi connectivity index (χ2v) is 26.5. The molecule has 0 amide bonds. The molecular formula is C56H88O24. The van der Waals surface area contributed by atoms with Crippen molar-refractivity contribution < 1.29 is 119 Å². The third-order valence-electron chi connectivity index (χ3n) is 21.9. The van der Waals surface area contributed by atoms with Gasteiger partial charge >= 0.3 is 5.97 Å². The summed E-state index contributed by atoms with van der Waals surface area (Å²) in [5.41, 5.74) is -1.98. The Kier molecular flexibility index (Phi) is 17.1. The highest BCUT2D eigenvalue weighted by atomic mass is 16.8. The highest BCUT2D eigenvalue weighted by Gasteiger charge is 2.70. The van der Waals surface area contributed by atoms with Crippen molar-refractivity contribution in [1.29, 1.82) is 0 Å². The normalized spacial score (nSPS) is 54.1. The smallest absolute Gasteiger partial charge is 0.315 e. The first-order chi connectivity index (χ1) is 37.6.